The average molecular weight is 481 g/mol. The van der Waals surface area contributed by atoms with E-state index in [4.69, 9.17) is 11.6 Å². The molecule has 0 aliphatic heterocycles. The maximum Gasteiger partial charge on any atom is 0.271 e. The van der Waals surface area contributed by atoms with Crippen molar-refractivity contribution in [2.45, 2.75) is 17.3 Å². The van der Waals surface area contributed by atoms with Gasteiger partial charge in [0.05, 0.1) is 31.8 Å². The van der Waals surface area contributed by atoms with Crippen LogP contribution in [-0.4, -0.2) is 25.6 Å². The largest absolute Gasteiger partial charge is 0.325 e. The fourth-order valence-corrected chi connectivity index (χ4v) is 4.33. The van der Waals surface area contributed by atoms with E-state index in [1.807, 2.05) is 0 Å². The Bertz CT molecular complexity index is 1440. The molecule has 0 unspecified atom stereocenters. The normalized spacial score (nSPS) is 11.8. The second kappa shape index (κ2) is 9.43. The van der Waals surface area contributed by atoms with Crippen LogP contribution in [0.15, 0.2) is 82.7 Å². The Hall–Kier alpha value is -3.69. The molecule has 4 rings (SSSR count). The summed E-state index contributed by atoms with van der Waals surface area (Å²) in [4.78, 5) is 41.2. The van der Waals surface area contributed by atoms with Crippen LogP contribution in [0.25, 0.3) is 16.6 Å². The molecule has 4 aromatic rings. The first-order valence-electron chi connectivity index (χ1n) is 9.84. The van der Waals surface area contributed by atoms with Crippen molar-refractivity contribution in [3.63, 3.8) is 0 Å². The van der Waals surface area contributed by atoms with Gasteiger partial charge in [0.2, 0.25) is 5.91 Å². The summed E-state index contributed by atoms with van der Waals surface area (Å²) in [6.07, 6.45) is 0. The summed E-state index contributed by atoms with van der Waals surface area (Å²) in [5.74, 6) is -0.395. The second-order valence-electron chi connectivity index (χ2n) is 7.06. The van der Waals surface area contributed by atoms with E-state index >= 15 is 0 Å². The van der Waals surface area contributed by atoms with Crippen molar-refractivity contribution in [1.29, 1.82) is 0 Å². The predicted octanol–water partition coefficient (Wildman–Crippen LogP) is 5.07. The molecule has 1 atom stereocenters. The van der Waals surface area contributed by atoms with Crippen LogP contribution in [0.3, 0.4) is 0 Å². The SMILES string of the molecule is C[C@@H](Sc1nc2ccccc2c(=O)n1-c1ccccc1Cl)C(=O)Nc1cccc([N+](=O)[O-])c1. The molecule has 33 heavy (non-hydrogen) atoms. The number of hydrogen-bond acceptors (Lipinski definition) is 6. The minimum atomic E-state index is -0.675. The van der Waals surface area contributed by atoms with E-state index < -0.39 is 16.1 Å². The van der Waals surface area contributed by atoms with Gasteiger partial charge in [0.25, 0.3) is 11.2 Å². The lowest BCUT2D eigenvalue weighted by molar-refractivity contribution is -0.384. The number of fused-ring (bicyclic) bond motifs is 1. The highest BCUT2D eigenvalue weighted by Crippen LogP contribution is 2.29. The fraction of sp³-hybridized carbons (Fsp3) is 0.0870. The van der Waals surface area contributed by atoms with Crippen LogP contribution in [0, 0.1) is 10.1 Å². The van der Waals surface area contributed by atoms with Crippen molar-refractivity contribution < 1.29 is 9.72 Å². The molecule has 3 aromatic carbocycles. The lowest BCUT2D eigenvalue weighted by atomic mass is 10.2. The Morgan fingerprint density at radius 1 is 1.12 bits per heavy atom. The van der Waals surface area contributed by atoms with E-state index in [0.29, 0.717) is 32.5 Å². The number of para-hydroxylation sites is 2. The topological polar surface area (TPSA) is 107 Å². The Morgan fingerprint density at radius 2 is 1.85 bits per heavy atom. The zero-order valence-corrected chi connectivity index (χ0v) is 18.8. The predicted molar refractivity (Wildman–Crippen MR) is 129 cm³/mol. The highest BCUT2D eigenvalue weighted by atomic mass is 35.5. The molecule has 1 heterocycles. The molecule has 0 spiro atoms. The zero-order valence-electron chi connectivity index (χ0n) is 17.3. The first kappa shape index (κ1) is 22.5. The second-order valence-corrected chi connectivity index (χ2v) is 8.78. The molecule has 8 nitrogen and oxygen atoms in total. The number of non-ortho nitro benzene ring substituents is 1. The lowest BCUT2D eigenvalue weighted by Gasteiger charge is -2.17. The van der Waals surface area contributed by atoms with E-state index in [2.05, 4.69) is 10.3 Å². The number of anilines is 1. The third kappa shape index (κ3) is 4.74. The maximum atomic E-state index is 13.3. The van der Waals surface area contributed by atoms with Gasteiger partial charge < -0.3 is 5.32 Å². The highest BCUT2D eigenvalue weighted by Gasteiger charge is 2.21. The lowest BCUT2D eigenvalue weighted by Crippen LogP contribution is -2.26. The van der Waals surface area contributed by atoms with Crippen LogP contribution in [0.4, 0.5) is 11.4 Å². The van der Waals surface area contributed by atoms with Gasteiger partial charge in [0.1, 0.15) is 0 Å². The van der Waals surface area contributed by atoms with E-state index in [0.717, 1.165) is 11.8 Å². The van der Waals surface area contributed by atoms with Crippen molar-refractivity contribution in [2.75, 3.05) is 5.32 Å². The number of hydrogen-bond donors (Lipinski definition) is 1. The minimum absolute atomic E-state index is 0.128. The third-order valence-corrected chi connectivity index (χ3v) is 6.19. The van der Waals surface area contributed by atoms with Gasteiger partial charge in [-0.1, -0.05) is 53.7 Å². The number of nitro groups is 1. The van der Waals surface area contributed by atoms with Crippen molar-refractivity contribution in [2.24, 2.45) is 0 Å². The molecule has 166 valence electrons. The van der Waals surface area contributed by atoms with Gasteiger partial charge >= 0.3 is 0 Å². The molecule has 0 saturated carbocycles. The third-order valence-electron chi connectivity index (χ3n) is 4.81. The molecule has 10 heteroatoms. The first-order chi connectivity index (χ1) is 15.8. The number of aromatic nitrogens is 2. The molecule has 1 amide bonds. The van der Waals surface area contributed by atoms with Crippen molar-refractivity contribution in [3.05, 3.63) is 98.3 Å². The van der Waals surface area contributed by atoms with Gasteiger partial charge in [-0.05, 0) is 37.3 Å². The quantitative estimate of drug-likeness (QED) is 0.179. The van der Waals surface area contributed by atoms with Gasteiger partial charge in [-0.25, -0.2) is 4.98 Å². The van der Waals surface area contributed by atoms with E-state index in [-0.39, 0.29) is 11.2 Å². The highest BCUT2D eigenvalue weighted by molar-refractivity contribution is 8.00. The van der Waals surface area contributed by atoms with Crippen LogP contribution >= 0.6 is 23.4 Å². The van der Waals surface area contributed by atoms with Crippen LogP contribution in [0.2, 0.25) is 5.02 Å². The van der Waals surface area contributed by atoms with Gasteiger partial charge in [0, 0.05) is 17.8 Å². The van der Waals surface area contributed by atoms with Crippen LogP contribution in [0.1, 0.15) is 6.92 Å². The average Bonchev–Trinajstić information content (AvgIpc) is 2.80. The maximum absolute atomic E-state index is 13.3. The molecule has 0 saturated heterocycles. The molecule has 1 aromatic heterocycles. The Balaban J connectivity index is 1.70. The summed E-state index contributed by atoms with van der Waals surface area (Å²) in [6, 6.07) is 19.5. The summed E-state index contributed by atoms with van der Waals surface area (Å²) in [7, 11) is 0. The smallest absolute Gasteiger partial charge is 0.271 e. The number of nitrogens with one attached hydrogen (secondary N) is 1. The van der Waals surface area contributed by atoms with Gasteiger partial charge in [-0.15, -0.1) is 0 Å². The van der Waals surface area contributed by atoms with E-state index in [1.165, 1.54) is 22.8 Å². The number of thioether (sulfide) groups is 1. The number of carbonyl (C=O) groups is 1. The van der Waals surface area contributed by atoms with Crippen LogP contribution in [-0.2, 0) is 4.79 Å². The van der Waals surface area contributed by atoms with E-state index in [9.17, 15) is 19.7 Å². The van der Waals surface area contributed by atoms with Gasteiger partial charge in [-0.3, -0.25) is 24.3 Å². The first-order valence-corrected chi connectivity index (χ1v) is 11.1. The standard InChI is InChI=1S/C23H17ClN4O4S/c1-14(21(29)25-15-7-6-8-16(13-15)28(31)32)33-23-26-19-11-4-2-9-17(19)22(30)27(23)20-12-5-3-10-18(20)24/h2-14H,1H3,(H,25,29)/t14-/m1/s1. The number of benzene rings is 3. The minimum Gasteiger partial charge on any atom is -0.325 e. The van der Waals surface area contributed by atoms with Gasteiger partial charge in [0.15, 0.2) is 5.16 Å². The summed E-state index contributed by atoms with van der Waals surface area (Å²) in [5.41, 5.74) is 0.826. The summed E-state index contributed by atoms with van der Waals surface area (Å²) >= 11 is 7.46. The number of nitro benzene ring substituents is 1. The monoisotopic (exact) mass is 480 g/mol. The summed E-state index contributed by atoms with van der Waals surface area (Å²) in [6.45, 7) is 1.66. The Kier molecular flexibility index (Phi) is 6.43. The van der Waals surface area contributed by atoms with Crippen LogP contribution < -0.4 is 10.9 Å². The molecule has 0 aliphatic rings. The number of nitrogens with zero attached hydrogens (tertiary/aromatic N) is 3. The number of rotatable bonds is 6. The van der Waals surface area contributed by atoms with Crippen molar-refractivity contribution >= 4 is 51.5 Å². The van der Waals surface area contributed by atoms with E-state index in [1.54, 1.807) is 61.5 Å². The Morgan fingerprint density at radius 3 is 2.61 bits per heavy atom. The number of amides is 1. The molecule has 0 radical (unpaired) electrons. The summed E-state index contributed by atoms with van der Waals surface area (Å²) in [5, 5.41) is 14.1. The number of carbonyl (C=O) groups excluding carboxylic acids is 1. The zero-order chi connectivity index (χ0) is 23.5. The van der Waals surface area contributed by atoms with Gasteiger partial charge in [-0.2, -0.15) is 0 Å². The van der Waals surface area contributed by atoms with Crippen molar-refractivity contribution in [1.82, 2.24) is 9.55 Å². The molecule has 0 bridgehead atoms. The molecule has 0 fully saturated rings. The summed E-state index contributed by atoms with van der Waals surface area (Å²) < 4.78 is 1.40. The molecule has 1 N–H and O–H groups in total. The van der Waals surface area contributed by atoms with Crippen LogP contribution in [0.5, 0.6) is 0 Å². The Labute approximate surface area is 197 Å². The molecular formula is C23H17ClN4O4S. The fourth-order valence-electron chi connectivity index (χ4n) is 3.19. The number of halogens is 1. The van der Waals surface area contributed by atoms with Crippen molar-refractivity contribution in [3.8, 4) is 5.69 Å². The molecule has 0 aliphatic carbocycles. The molecular weight excluding hydrogens is 464 g/mol.